The molecule has 20 heavy (non-hydrogen) atoms. The number of amides is 1. The van der Waals surface area contributed by atoms with E-state index in [0.29, 0.717) is 11.6 Å². The van der Waals surface area contributed by atoms with Crippen molar-refractivity contribution in [2.24, 2.45) is 0 Å². The summed E-state index contributed by atoms with van der Waals surface area (Å²) >= 11 is 0. The Bertz CT molecular complexity index is 673. The lowest BCUT2D eigenvalue weighted by molar-refractivity contribution is 0.0972. The molecule has 0 radical (unpaired) electrons. The highest BCUT2D eigenvalue weighted by Gasteiger charge is 2.34. The average Bonchev–Trinajstić information content (AvgIpc) is 3.08. The molecule has 0 saturated heterocycles. The lowest BCUT2D eigenvalue weighted by Crippen LogP contribution is -2.35. The van der Waals surface area contributed by atoms with Crippen molar-refractivity contribution in [2.75, 3.05) is 4.90 Å². The summed E-state index contributed by atoms with van der Waals surface area (Å²) in [4.78, 5) is 14.5. The number of para-hydroxylation sites is 1. The highest BCUT2D eigenvalue weighted by Crippen LogP contribution is 2.40. The number of anilines is 1. The second-order valence-corrected chi connectivity index (χ2v) is 5.75. The van der Waals surface area contributed by atoms with E-state index in [-0.39, 0.29) is 11.9 Å². The summed E-state index contributed by atoms with van der Waals surface area (Å²) in [6.07, 6.45) is 3.19. The maximum atomic E-state index is 12.7. The Morgan fingerprint density at radius 1 is 1.35 bits per heavy atom. The van der Waals surface area contributed by atoms with Gasteiger partial charge in [0.2, 0.25) is 0 Å². The second-order valence-electron chi connectivity index (χ2n) is 5.75. The van der Waals surface area contributed by atoms with Gasteiger partial charge in [-0.05, 0) is 37.8 Å². The van der Waals surface area contributed by atoms with Crippen LogP contribution in [-0.4, -0.2) is 17.1 Å². The first-order chi connectivity index (χ1) is 9.74. The van der Waals surface area contributed by atoms with Gasteiger partial charge in [-0.15, -0.1) is 0 Å². The third kappa shape index (κ3) is 1.75. The maximum absolute atomic E-state index is 12.7. The Kier molecular flexibility index (Phi) is 2.46. The fourth-order valence-corrected chi connectivity index (χ4v) is 2.95. The highest BCUT2D eigenvalue weighted by molar-refractivity contribution is 6.06. The van der Waals surface area contributed by atoms with Gasteiger partial charge in [0.25, 0.3) is 5.91 Å². The molecule has 0 bridgehead atoms. The number of aromatic nitrogens is 1. The van der Waals surface area contributed by atoms with Crippen LogP contribution < -0.4 is 4.90 Å². The number of hydrogen-bond donors (Lipinski definition) is 0. The monoisotopic (exact) mass is 268 g/mol. The first-order valence-electron chi connectivity index (χ1n) is 7.12. The van der Waals surface area contributed by atoms with Gasteiger partial charge in [0.1, 0.15) is 5.76 Å². The molecule has 4 nitrogen and oxygen atoms in total. The van der Waals surface area contributed by atoms with E-state index in [9.17, 15) is 4.79 Å². The van der Waals surface area contributed by atoms with Crippen molar-refractivity contribution in [2.45, 2.75) is 38.1 Å². The van der Waals surface area contributed by atoms with Crippen molar-refractivity contribution >= 4 is 11.6 Å². The van der Waals surface area contributed by atoms with Crippen LogP contribution in [0.5, 0.6) is 0 Å². The number of rotatable bonds is 2. The van der Waals surface area contributed by atoms with Crippen LogP contribution in [0.25, 0.3) is 0 Å². The first kappa shape index (κ1) is 11.7. The SMILES string of the molecule is C[C@@H]1Cc2ccccc2N1C(=O)c1cc(C2CC2)on1. The van der Waals surface area contributed by atoms with Crippen LogP contribution in [0.1, 0.15) is 47.5 Å². The van der Waals surface area contributed by atoms with E-state index in [2.05, 4.69) is 18.1 Å². The number of benzene rings is 1. The van der Waals surface area contributed by atoms with Crippen LogP contribution in [0.4, 0.5) is 5.69 Å². The Balaban J connectivity index is 1.67. The normalized spacial score (nSPS) is 21.1. The molecule has 102 valence electrons. The summed E-state index contributed by atoms with van der Waals surface area (Å²) in [5, 5.41) is 3.96. The Morgan fingerprint density at radius 2 is 2.15 bits per heavy atom. The predicted octanol–water partition coefficient (Wildman–Crippen LogP) is 3.14. The number of hydrogen-bond acceptors (Lipinski definition) is 3. The lowest BCUT2D eigenvalue weighted by atomic mass is 10.1. The van der Waals surface area contributed by atoms with Crippen molar-refractivity contribution in [3.63, 3.8) is 0 Å². The average molecular weight is 268 g/mol. The smallest absolute Gasteiger partial charge is 0.280 e. The third-order valence-electron chi connectivity index (χ3n) is 4.15. The van der Waals surface area contributed by atoms with E-state index in [0.717, 1.165) is 30.7 Å². The second kappa shape index (κ2) is 4.20. The minimum atomic E-state index is -0.0573. The molecule has 1 aliphatic carbocycles. The molecule has 1 fully saturated rings. The van der Waals surface area contributed by atoms with Crippen LogP contribution in [-0.2, 0) is 6.42 Å². The van der Waals surface area contributed by atoms with Gasteiger partial charge in [0.15, 0.2) is 5.69 Å². The molecule has 1 aromatic carbocycles. The van der Waals surface area contributed by atoms with Crippen LogP contribution in [0.3, 0.4) is 0 Å². The minimum absolute atomic E-state index is 0.0573. The molecular weight excluding hydrogens is 252 g/mol. The fourth-order valence-electron chi connectivity index (χ4n) is 2.95. The van der Waals surface area contributed by atoms with Crippen LogP contribution >= 0.6 is 0 Å². The van der Waals surface area contributed by atoms with E-state index in [1.807, 2.05) is 29.2 Å². The molecule has 1 atom stereocenters. The van der Waals surface area contributed by atoms with Gasteiger partial charge in [0.05, 0.1) is 0 Å². The lowest BCUT2D eigenvalue weighted by Gasteiger charge is -2.21. The van der Waals surface area contributed by atoms with Gasteiger partial charge in [-0.2, -0.15) is 0 Å². The molecule has 0 unspecified atom stereocenters. The van der Waals surface area contributed by atoms with Crippen molar-refractivity contribution < 1.29 is 9.32 Å². The van der Waals surface area contributed by atoms with Gasteiger partial charge in [-0.25, -0.2) is 0 Å². The molecule has 4 heteroatoms. The molecule has 1 amide bonds. The Labute approximate surface area is 117 Å². The molecule has 2 aromatic rings. The molecule has 1 aliphatic heterocycles. The number of fused-ring (bicyclic) bond motifs is 1. The van der Waals surface area contributed by atoms with Gasteiger partial charge < -0.3 is 9.42 Å². The van der Waals surface area contributed by atoms with E-state index in [4.69, 9.17) is 4.52 Å². The van der Waals surface area contributed by atoms with Crippen molar-refractivity contribution in [3.8, 4) is 0 Å². The summed E-state index contributed by atoms with van der Waals surface area (Å²) in [5.74, 6) is 1.28. The van der Waals surface area contributed by atoms with E-state index >= 15 is 0 Å². The zero-order chi connectivity index (χ0) is 13.7. The summed E-state index contributed by atoms with van der Waals surface area (Å²) in [7, 11) is 0. The van der Waals surface area contributed by atoms with Gasteiger partial charge in [0, 0.05) is 23.7 Å². The first-order valence-corrected chi connectivity index (χ1v) is 7.12. The summed E-state index contributed by atoms with van der Waals surface area (Å²) < 4.78 is 5.29. The quantitative estimate of drug-likeness (QED) is 0.840. The fraction of sp³-hybridized carbons (Fsp3) is 0.375. The predicted molar refractivity (Wildman–Crippen MR) is 74.9 cm³/mol. The van der Waals surface area contributed by atoms with Crippen molar-refractivity contribution in [1.29, 1.82) is 0 Å². The maximum Gasteiger partial charge on any atom is 0.280 e. The summed E-state index contributed by atoms with van der Waals surface area (Å²) in [5.41, 5.74) is 2.65. The topological polar surface area (TPSA) is 46.3 Å². The molecule has 2 aliphatic rings. The zero-order valence-corrected chi connectivity index (χ0v) is 11.4. The molecule has 0 spiro atoms. The number of nitrogens with zero attached hydrogens (tertiary/aromatic N) is 2. The zero-order valence-electron chi connectivity index (χ0n) is 11.4. The summed E-state index contributed by atoms with van der Waals surface area (Å²) in [6, 6.07) is 10.0. The van der Waals surface area contributed by atoms with Crippen LogP contribution in [0, 0.1) is 0 Å². The standard InChI is InChI=1S/C16H16N2O2/c1-10-8-12-4-2-3-5-14(12)18(10)16(19)13-9-15(20-17-13)11-6-7-11/h2-5,9-11H,6-8H2,1H3/t10-/m1/s1. The Morgan fingerprint density at radius 3 is 2.95 bits per heavy atom. The molecule has 2 heterocycles. The van der Waals surface area contributed by atoms with E-state index in [1.54, 1.807) is 0 Å². The van der Waals surface area contributed by atoms with E-state index in [1.165, 1.54) is 5.56 Å². The number of carbonyl (C=O) groups is 1. The molecular formula is C16H16N2O2. The van der Waals surface area contributed by atoms with Crippen molar-refractivity contribution in [3.05, 3.63) is 47.3 Å². The highest BCUT2D eigenvalue weighted by atomic mass is 16.5. The van der Waals surface area contributed by atoms with E-state index < -0.39 is 0 Å². The third-order valence-corrected chi connectivity index (χ3v) is 4.15. The summed E-state index contributed by atoms with van der Waals surface area (Å²) in [6.45, 7) is 2.07. The minimum Gasteiger partial charge on any atom is -0.360 e. The molecule has 1 aromatic heterocycles. The molecule has 1 saturated carbocycles. The largest absolute Gasteiger partial charge is 0.360 e. The number of carbonyl (C=O) groups excluding carboxylic acids is 1. The van der Waals surface area contributed by atoms with Gasteiger partial charge in [-0.1, -0.05) is 23.4 Å². The van der Waals surface area contributed by atoms with Gasteiger partial charge >= 0.3 is 0 Å². The molecule has 0 N–H and O–H groups in total. The van der Waals surface area contributed by atoms with Crippen LogP contribution in [0.2, 0.25) is 0 Å². The molecule has 4 rings (SSSR count). The van der Waals surface area contributed by atoms with Crippen LogP contribution in [0.15, 0.2) is 34.9 Å². The Hall–Kier alpha value is -2.10. The van der Waals surface area contributed by atoms with Gasteiger partial charge in [-0.3, -0.25) is 4.79 Å². The van der Waals surface area contributed by atoms with Crippen molar-refractivity contribution in [1.82, 2.24) is 5.16 Å².